The molecule has 110 valence electrons. The molecule has 1 aliphatic rings. The third kappa shape index (κ3) is 3.73. The van der Waals surface area contributed by atoms with Crippen molar-refractivity contribution in [2.75, 3.05) is 13.8 Å². The first-order valence-electron chi connectivity index (χ1n) is 7.39. The molecule has 2 amide bonds. The van der Waals surface area contributed by atoms with Gasteiger partial charge in [0.05, 0.1) is 6.04 Å². The Morgan fingerprint density at radius 2 is 2.05 bits per heavy atom. The molecule has 0 radical (unpaired) electrons. The van der Waals surface area contributed by atoms with Gasteiger partial charge in [-0.1, -0.05) is 25.1 Å². The van der Waals surface area contributed by atoms with E-state index in [1.807, 2.05) is 0 Å². The number of carbonyl (C=O) groups excluding carboxylic acids is 1. The molecule has 0 aliphatic heterocycles. The molecule has 20 heavy (non-hydrogen) atoms. The largest absolute Gasteiger partial charge is 0.364 e. The van der Waals surface area contributed by atoms with E-state index in [0.717, 1.165) is 12.8 Å². The van der Waals surface area contributed by atoms with Gasteiger partial charge in [-0.25, -0.2) is 4.79 Å². The van der Waals surface area contributed by atoms with Gasteiger partial charge in [0.1, 0.15) is 6.73 Å². The number of benzene rings is 1. The summed E-state index contributed by atoms with van der Waals surface area (Å²) in [6.45, 7) is 2.31. The first kappa shape index (κ1) is 14.9. The molecule has 0 fully saturated rings. The monoisotopic (exact) mass is 276 g/mol. The van der Waals surface area contributed by atoms with Crippen molar-refractivity contribution < 1.29 is 9.53 Å². The number of aryl methyl sites for hydroxylation is 2. The molecule has 0 bridgehead atoms. The lowest BCUT2D eigenvalue weighted by Crippen LogP contribution is -2.38. The number of ether oxygens (including phenoxy) is 1. The van der Waals surface area contributed by atoms with Gasteiger partial charge < -0.3 is 15.4 Å². The van der Waals surface area contributed by atoms with E-state index in [9.17, 15) is 4.79 Å². The Balaban J connectivity index is 2.05. The van der Waals surface area contributed by atoms with Gasteiger partial charge in [0.2, 0.25) is 0 Å². The second-order valence-corrected chi connectivity index (χ2v) is 5.28. The maximum absolute atomic E-state index is 11.7. The van der Waals surface area contributed by atoms with E-state index in [-0.39, 0.29) is 18.8 Å². The molecule has 0 aromatic heterocycles. The van der Waals surface area contributed by atoms with E-state index in [4.69, 9.17) is 4.74 Å². The summed E-state index contributed by atoms with van der Waals surface area (Å²) >= 11 is 0. The van der Waals surface area contributed by atoms with Crippen LogP contribution >= 0.6 is 0 Å². The lowest BCUT2D eigenvalue weighted by molar-refractivity contribution is 0.171. The van der Waals surface area contributed by atoms with Gasteiger partial charge in [-0.3, -0.25) is 0 Å². The van der Waals surface area contributed by atoms with Crippen LogP contribution in [0.3, 0.4) is 0 Å². The lowest BCUT2D eigenvalue weighted by atomic mass is 9.89. The average Bonchev–Trinajstić information content (AvgIpc) is 2.50. The highest BCUT2D eigenvalue weighted by molar-refractivity contribution is 5.74. The molecular weight excluding hydrogens is 252 g/mol. The number of carbonyl (C=O) groups is 1. The minimum Gasteiger partial charge on any atom is -0.364 e. The van der Waals surface area contributed by atoms with Crippen LogP contribution in [0, 0.1) is 0 Å². The Hall–Kier alpha value is -1.55. The number of fused-ring (bicyclic) bond motifs is 1. The van der Waals surface area contributed by atoms with E-state index in [0.29, 0.717) is 0 Å². The van der Waals surface area contributed by atoms with Crippen LogP contribution in [0.15, 0.2) is 18.2 Å². The van der Waals surface area contributed by atoms with Crippen LogP contribution in [0.5, 0.6) is 0 Å². The molecule has 0 saturated carbocycles. The number of hydrogen-bond acceptors (Lipinski definition) is 2. The number of urea groups is 1. The summed E-state index contributed by atoms with van der Waals surface area (Å²) in [7, 11) is 1.56. The zero-order valence-electron chi connectivity index (χ0n) is 12.4. The molecule has 0 spiro atoms. The Labute approximate surface area is 120 Å². The van der Waals surface area contributed by atoms with E-state index in [1.165, 1.54) is 36.0 Å². The van der Waals surface area contributed by atoms with Crippen LogP contribution in [-0.4, -0.2) is 19.9 Å². The molecule has 0 heterocycles. The fraction of sp³-hybridized carbons (Fsp3) is 0.562. The van der Waals surface area contributed by atoms with Crippen LogP contribution in [0.1, 0.15) is 48.9 Å². The second kappa shape index (κ2) is 7.29. The third-order valence-electron chi connectivity index (χ3n) is 3.87. The molecule has 4 heteroatoms. The average molecular weight is 276 g/mol. The smallest absolute Gasteiger partial charge is 0.317 e. The van der Waals surface area contributed by atoms with Crippen molar-refractivity contribution in [3.63, 3.8) is 0 Å². The number of methoxy groups -OCH3 is 1. The van der Waals surface area contributed by atoms with Crippen molar-refractivity contribution >= 4 is 6.03 Å². The van der Waals surface area contributed by atoms with Gasteiger partial charge >= 0.3 is 6.03 Å². The normalized spacial score (nSPS) is 15.3. The summed E-state index contributed by atoms with van der Waals surface area (Å²) < 4.78 is 4.84. The molecule has 1 aromatic rings. The summed E-state index contributed by atoms with van der Waals surface area (Å²) in [5.41, 5.74) is 4.12. The Morgan fingerprint density at radius 1 is 1.30 bits per heavy atom. The van der Waals surface area contributed by atoms with Gasteiger partial charge in [0.25, 0.3) is 0 Å². The minimum absolute atomic E-state index is 0.0547. The SMILES string of the molecule is CCC(NC(=O)NCOC)c1ccc2c(c1)CCCC2. The van der Waals surface area contributed by atoms with Crippen molar-refractivity contribution in [3.05, 3.63) is 34.9 Å². The standard InChI is InChI=1S/C16H24N2O2/c1-3-15(18-16(19)17-11-20-2)14-9-8-12-6-4-5-7-13(12)10-14/h8-10,15H,3-7,11H2,1-2H3,(H2,17,18,19). The van der Waals surface area contributed by atoms with Crippen LogP contribution in [0.4, 0.5) is 4.79 Å². The molecular formula is C16H24N2O2. The molecule has 4 nitrogen and oxygen atoms in total. The van der Waals surface area contributed by atoms with Crippen LogP contribution in [0.25, 0.3) is 0 Å². The first-order chi connectivity index (χ1) is 9.74. The molecule has 1 aliphatic carbocycles. The molecule has 2 N–H and O–H groups in total. The number of nitrogens with one attached hydrogen (secondary N) is 2. The lowest BCUT2D eigenvalue weighted by Gasteiger charge is -2.21. The van der Waals surface area contributed by atoms with E-state index < -0.39 is 0 Å². The third-order valence-corrected chi connectivity index (χ3v) is 3.87. The molecule has 0 saturated heterocycles. The summed E-state index contributed by atoms with van der Waals surface area (Å²) in [5, 5.41) is 5.65. The summed E-state index contributed by atoms with van der Waals surface area (Å²) in [4.78, 5) is 11.7. The number of amides is 2. The highest BCUT2D eigenvalue weighted by Crippen LogP contribution is 2.25. The fourth-order valence-corrected chi connectivity index (χ4v) is 2.74. The highest BCUT2D eigenvalue weighted by Gasteiger charge is 2.15. The van der Waals surface area contributed by atoms with Crippen molar-refractivity contribution in [2.45, 2.75) is 45.1 Å². The van der Waals surface area contributed by atoms with Crippen molar-refractivity contribution in [3.8, 4) is 0 Å². The predicted molar refractivity (Wildman–Crippen MR) is 79.7 cm³/mol. The molecule has 2 rings (SSSR count). The van der Waals surface area contributed by atoms with Crippen molar-refractivity contribution in [1.29, 1.82) is 0 Å². The fourth-order valence-electron chi connectivity index (χ4n) is 2.74. The summed E-state index contributed by atoms with van der Waals surface area (Å²) in [5.74, 6) is 0. The van der Waals surface area contributed by atoms with Gasteiger partial charge in [-0.05, 0) is 48.8 Å². The minimum atomic E-state index is -0.184. The van der Waals surface area contributed by atoms with Gasteiger partial charge in [0, 0.05) is 7.11 Å². The predicted octanol–water partition coefficient (Wildman–Crippen LogP) is 2.92. The molecule has 1 unspecified atom stereocenters. The number of rotatable bonds is 5. The van der Waals surface area contributed by atoms with E-state index in [1.54, 1.807) is 7.11 Å². The zero-order chi connectivity index (χ0) is 14.4. The second-order valence-electron chi connectivity index (χ2n) is 5.28. The van der Waals surface area contributed by atoms with Crippen molar-refractivity contribution in [2.24, 2.45) is 0 Å². The van der Waals surface area contributed by atoms with Gasteiger partial charge in [-0.2, -0.15) is 0 Å². The van der Waals surface area contributed by atoms with Crippen LogP contribution in [0.2, 0.25) is 0 Å². The quantitative estimate of drug-likeness (QED) is 0.812. The zero-order valence-corrected chi connectivity index (χ0v) is 12.4. The Bertz CT molecular complexity index is 460. The van der Waals surface area contributed by atoms with Crippen LogP contribution in [-0.2, 0) is 17.6 Å². The highest BCUT2D eigenvalue weighted by atomic mass is 16.5. The van der Waals surface area contributed by atoms with E-state index in [2.05, 4.69) is 35.8 Å². The van der Waals surface area contributed by atoms with Crippen molar-refractivity contribution in [1.82, 2.24) is 10.6 Å². The molecule has 1 atom stereocenters. The maximum Gasteiger partial charge on any atom is 0.317 e. The van der Waals surface area contributed by atoms with Gasteiger partial charge in [0.15, 0.2) is 0 Å². The first-order valence-corrected chi connectivity index (χ1v) is 7.39. The summed E-state index contributed by atoms with van der Waals surface area (Å²) in [6.07, 6.45) is 5.79. The Morgan fingerprint density at radius 3 is 2.75 bits per heavy atom. The number of hydrogen-bond donors (Lipinski definition) is 2. The van der Waals surface area contributed by atoms with Crippen LogP contribution < -0.4 is 10.6 Å². The molecule has 1 aromatic carbocycles. The van der Waals surface area contributed by atoms with Gasteiger partial charge in [-0.15, -0.1) is 0 Å². The Kier molecular flexibility index (Phi) is 5.41. The van der Waals surface area contributed by atoms with E-state index >= 15 is 0 Å². The maximum atomic E-state index is 11.7. The summed E-state index contributed by atoms with van der Waals surface area (Å²) in [6, 6.07) is 6.51. The topological polar surface area (TPSA) is 50.4 Å².